The van der Waals surface area contributed by atoms with Crippen molar-refractivity contribution in [2.45, 2.75) is 24.9 Å². The van der Waals surface area contributed by atoms with Crippen molar-refractivity contribution >= 4 is 23.3 Å². The van der Waals surface area contributed by atoms with Crippen LogP contribution in [0.15, 0.2) is 16.1 Å². The number of H-pyrrole nitrogens is 1. The molecule has 124 valence electrons. The van der Waals surface area contributed by atoms with E-state index < -0.39 is 24.1 Å². The molecule has 10 nitrogen and oxygen atoms in total. The first-order valence-electron chi connectivity index (χ1n) is 7.11. The van der Waals surface area contributed by atoms with E-state index in [9.17, 15) is 15.0 Å². The Morgan fingerprint density at radius 1 is 1.61 bits per heavy atom. The number of hydrogen-bond donors (Lipinski definition) is 3. The van der Waals surface area contributed by atoms with Gasteiger partial charge in [0, 0.05) is 20.5 Å². The molecule has 0 aromatic carbocycles. The molecule has 23 heavy (non-hydrogen) atoms. The van der Waals surface area contributed by atoms with Crippen LogP contribution in [-0.4, -0.2) is 73.9 Å². The van der Waals surface area contributed by atoms with Gasteiger partial charge in [-0.15, -0.1) is 0 Å². The summed E-state index contributed by atoms with van der Waals surface area (Å²) in [6.45, 7) is -0.281. The zero-order valence-electron chi connectivity index (χ0n) is 12.7. The fraction of sp³-hybridized carbons (Fsp3) is 0.538. The molecule has 3 rings (SSSR count). The molecule has 3 atom stereocenters. The summed E-state index contributed by atoms with van der Waals surface area (Å²) in [5.74, 6) is 0.296. The summed E-state index contributed by atoms with van der Waals surface area (Å²) in [6, 6.07) is 0. The van der Waals surface area contributed by atoms with Gasteiger partial charge in [-0.25, -0.2) is 14.8 Å². The predicted octanol–water partition coefficient (Wildman–Crippen LogP) is -1.02. The van der Waals surface area contributed by atoms with E-state index in [1.165, 1.54) is 6.33 Å². The second-order valence-corrected chi connectivity index (χ2v) is 5.54. The second-order valence-electron chi connectivity index (χ2n) is 5.54. The van der Waals surface area contributed by atoms with Gasteiger partial charge in [0.15, 0.2) is 17.0 Å². The highest BCUT2D eigenvalue weighted by atomic mass is 16.5. The van der Waals surface area contributed by atoms with Crippen LogP contribution in [0, 0.1) is 0 Å². The van der Waals surface area contributed by atoms with Gasteiger partial charge in [0.25, 0.3) is 0 Å². The van der Waals surface area contributed by atoms with Crippen LogP contribution in [0.3, 0.4) is 0 Å². The Labute approximate surface area is 131 Å². The fourth-order valence-corrected chi connectivity index (χ4v) is 2.44. The van der Waals surface area contributed by atoms with Crippen molar-refractivity contribution in [2.24, 2.45) is 4.99 Å². The van der Waals surface area contributed by atoms with Crippen LogP contribution in [0.25, 0.3) is 11.2 Å². The number of rotatable bonds is 4. The third-order valence-electron chi connectivity index (χ3n) is 3.54. The third-order valence-corrected chi connectivity index (χ3v) is 3.54. The zero-order valence-corrected chi connectivity index (χ0v) is 12.7. The molecule has 1 aliphatic rings. The van der Waals surface area contributed by atoms with E-state index in [1.807, 2.05) is 0 Å². The largest absolute Gasteiger partial charge is 0.394 e. The molecule has 0 spiro atoms. The molecule has 0 aliphatic carbocycles. The van der Waals surface area contributed by atoms with Gasteiger partial charge in [-0.2, -0.15) is 4.98 Å². The molecular weight excluding hydrogens is 304 g/mol. The molecule has 0 bridgehead atoms. The summed E-state index contributed by atoms with van der Waals surface area (Å²) >= 11 is 0. The van der Waals surface area contributed by atoms with E-state index in [0.717, 1.165) is 0 Å². The van der Waals surface area contributed by atoms with Gasteiger partial charge < -0.3 is 19.8 Å². The van der Waals surface area contributed by atoms with E-state index >= 15 is 0 Å². The van der Waals surface area contributed by atoms with Gasteiger partial charge in [0.05, 0.1) is 25.4 Å². The van der Waals surface area contributed by atoms with Crippen molar-refractivity contribution in [3.8, 4) is 0 Å². The summed E-state index contributed by atoms with van der Waals surface area (Å²) in [6.07, 6.45) is 1.31. The van der Waals surface area contributed by atoms with Crippen LogP contribution in [0.4, 0.5) is 5.82 Å². The normalized spacial score (nSPS) is 24.8. The van der Waals surface area contributed by atoms with Crippen LogP contribution in [0.5, 0.6) is 0 Å². The molecule has 1 saturated heterocycles. The minimum Gasteiger partial charge on any atom is -0.394 e. The Morgan fingerprint density at radius 2 is 2.39 bits per heavy atom. The lowest BCUT2D eigenvalue weighted by molar-refractivity contribution is -0.0432. The number of aliphatic hydroxyl groups is 2. The van der Waals surface area contributed by atoms with Crippen molar-refractivity contribution in [3.63, 3.8) is 0 Å². The lowest BCUT2D eigenvalue weighted by Gasteiger charge is -2.13. The van der Waals surface area contributed by atoms with Crippen molar-refractivity contribution in [1.29, 1.82) is 0 Å². The highest BCUT2D eigenvalue weighted by Gasteiger charge is 2.35. The summed E-state index contributed by atoms with van der Waals surface area (Å²) < 4.78 is 7.14. The number of aliphatic imine (C=N–C) groups is 1. The second kappa shape index (κ2) is 6.07. The fourth-order valence-electron chi connectivity index (χ4n) is 2.44. The van der Waals surface area contributed by atoms with Crippen LogP contribution in [0.1, 0.15) is 12.6 Å². The zero-order chi connectivity index (χ0) is 16.6. The van der Waals surface area contributed by atoms with E-state index in [2.05, 4.69) is 19.9 Å². The molecule has 10 heteroatoms. The average Bonchev–Trinajstić information content (AvgIpc) is 3.07. The Balaban J connectivity index is 2.03. The molecule has 0 radical (unpaired) electrons. The van der Waals surface area contributed by atoms with Crippen molar-refractivity contribution in [3.05, 3.63) is 16.8 Å². The Kier molecular flexibility index (Phi) is 4.11. The van der Waals surface area contributed by atoms with Crippen molar-refractivity contribution < 1.29 is 14.9 Å². The highest BCUT2D eigenvalue weighted by Crippen LogP contribution is 2.31. The highest BCUT2D eigenvalue weighted by molar-refractivity contribution is 5.82. The molecule has 0 saturated carbocycles. The van der Waals surface area contributed by atoms with Gasteiger partial charge in [0.2, 0.25) is 0 Å². The number of aliphatic hydroxyl groups excluding tert-OH is 2. The number of nitrogens with zero attached hydrogens (tertiary/aromatic N) is 5. The van der Waals surface area contributed by atoms with Gasteiger partial charge >= 0.3 is 5.69 Å². The first-order chi connectivity index (χ1) is 11.0. The maximum Gasteiger partial charge on any atom is 0.348 e. The maximum atomic E-state index is 11.8. The minimum absolute atomic E-state index is 0.279. The minimum atomic E-state index is -0.782. The Hall–Kier alpha value is -2.30. The van der Waals surface area contributed by atoms with E-state index in [-0.39, 0.29) is 13.0 Å². The first-order valence-corrected chi connectivity index (χ1v) is 7.11. The number of nitrogens with one attached hydrogen (secondary N) is 1. The smallest absolute Gasteiger partial charge is 0.348 e. The summed E-state index contributed by atoms with van der Waals surface area (Å²) in [4.78, 5) is 28.4. The SMILES string of the molecule is CN(C)C=Nc1[nH]c(=O)nc2c1ncn2C1CC(O)C(CO)O1. The Morgan fingerprint density at radius 3 is 3.04 bits per heavy atom. The van der Waals surface area contributed by atoms with Crippen LogP contribution in [0.2, 0.25) is 0 Å². The molecule has 3 unspecified atom stereocenters. The monoisotopic (exact) mass is 322 g/mol. The lowest BCUT2D eigenvalue weighted by atomic mass is 10.2. The lowest BCUT2D eigenvalue weighted by Crippen LogP contribution is -2.24. The molecule has 3 N–H and O–H groups in total. The quantitative estimate of drug-likeness (QED) is 0.485. The van der Waals surface area contributed by atoms with Crippen LogP contribution < -0.4 is 5.69 Å². The van der Waals surface area contributed by atoms with E-state index in [4.69, 9.17) is 4.74 Å². The van der Waals surface area contributed by atoms with Gasteiger partial charge in [-0.1, -0.05) is 0 Å². The number of imidazole rings is 1. The standard InChI is InChI=1S/C13H18N6O4/c1-18(2)5-15-11-10-12(17-13(22)16-11)19(6-14-10)9-3-7(21)8(4-20)23-9/h5-9,20-21H,3-4H2,1-2H3,(H,16,17,22). The van der Waals surface area contributed by atoms with Crippen molar-refractivity contribution in [1.82, 2.24) is 24.4 Å². The summed E-state index contributed by atoms with van der Waals surface area (Å²) in [5, 5.41) is 19.0. The molecule has 1 fully saturated rings. The number of fused-ring (bicyclic) bond motifs is 1. The number of ether oxygens (including phenoxy) is 1. The topological polar surface area (TPSA) is 129 Å². The Bertz CT molecular complexity index is 782. The molecule has 2 aromatic rings. The average molecular weight is 322 g/mol. The number of aromatic nitrogens is 4. The molecule has 2 aromatic heterocycles. The number of aromatic amines is 1. The summed E-state index contributed by atoms with van der Waals surface area (Å²) in [7, 11) is 3.61. The third kappa shape index (κ3) is 2.96. The maximum absolute atomic E-state index is 11.8. The summed E-state index contributed by atoms with van der Waals surface area (Å²) in [5.41, 5.74) is 0.186. The predicted molar refractivity (Wildman–Crippen MR) is 81.6 cm³/mol. The molecule has 0 amide bonds. The van der Waals surface area contributed by atoms with Crippen LogP contribution >= 0.6 is 0 Å². The molecule has 3 heterocycles. The van der Waals surface area contributed by atoms with Gasteiger partial charge in [-0.3, -0.25) is 9.55 Å². The molecule has 1 aliphatic heterocycles. The van der Waals surface area contributed by atoms with E-state index in [1.54, 1.807) is 29.9 Å². The first kappa shape index (κ1) is 15.6. The van der Waals surface area contributed by atoms with Crippen LogP contribution in [-0.2, 0) is 4.74 Å². The number of hydrogen-bond acceptors (Lipinski definition) is 7. The van der Waals surface area contributed by atoms with Gasteiger partial charge in [-0.05, 0) is 0 Å². The molecular formula is C13H18N6O4. The van der Waals surface area contributed by atoms with Gasteiger partial charge in [0.1, 0.15) is 12.3 Å². The van der Waals surface area contributed by atoms with E-state index in [0.29, 0.717) is 17.0 Å². The van der Waals surface area contributed by atoms with Crippen molar-refractivity contribution in [2.75, 3.05) is 20.7 Å².